The van der Waals surface area contributed by atoms with Gasteiger partial charge < -0.3 is 14.4 Å². The topological polar surface area (TPSA) is 38.8 Å². The van der Waals surface area contributed by atoms with E-state index in [-0.39, 0.29) is 11.2 Å². The van der Waals surface area contributed by atoms with E-state index in [1.165, 1.54) is 0 Å². The second-order valence-corrected chi connectivity index (χ2v) is 6.86. The average Bonchev–Trinajstić information content (AvgIpc) is 2.62. The number of amides is 1. The van der Waals surface area contributed by atoms with Gasteiger partial charge in [0.25, 0.3) is 0 Å². The highest BCUT2D eigenvalue weighted by molar-refractivity contribution is 8.00. The molecule has 2 aromatic carbocycles. The Morgan fingerprint density at radius 1 is 1.12 bits per heavy atom. The van der Waals surface area contributed by atoms with Crippen molar-refractivity contribution in [3.05, 3.63) is 54.1 Å². The van der Waals surface area contributed by atoms with Crippen molar-refractivity contribution in [1.29, 1.82) is 0 Å². The summed E-state index contributed by atoms with van der Waals surface area (Å²) in [5.41, 5.74) is 0.950. The fourth-order valence-corrected chi connectivity index (χ4v) is 3.38. The summed E-state index contributed by atoms with van der Waals surface area (Å²) in [6.07, 6.45) is 0. The molecule has 0 spiro atoms. The lowest BCUT2D eigenvalue weighted by molar-refractivity contribution is -0.129. The molecule has 5 heteroatoms. The molecular weight excluding hydrogens is 322 g/mol. The molecule has 0 heterocycles. The number of hydrogen-bond donors (Lipinski definition) is 0. The minimum absolute atomic E-state index is 0.0849. The quantitative estimate of drug-likeness (QED) is 0.715. The van der Waals surface area contributed by atoms with Gasteiger partial charge in [-0.3, -0.25) is 4.79 Å². The molecule has 0 bridgehead atoms. The van der Waals surface area contributed by atoms with E-state index in [4.69, 9.17) is 9.47 Å². The summed E-state index contributed by atoms with van der Waals surface area (Å²) < 4.78 is 10.6. The van der Waals surface area contributed by atoms with Crippen LogP contribution in [0.15, 0.2) is 53.4 Å². The van der Waals surface area contributed by atoms with Gasteiger partial charge in [-0.1, -0.05) is 18.2 Å². The normalized spacial score (nSPS) is 11.7. The predicted molar refractivity (Wildman–Crippen MR) is 97.8 cm³/mol. The fourth-order valence-electron chi connectivity index (χ4n) is 2.38. The van der Waals surface area contributed by atoms with Crippen LogP contribution in [0, 0.1) is 0 Å². The fraction of sp³-hybridized carbons (Fsp3) is 0.316. The van der Waals surface area contributed by atoms with E-state index >= 15 is 0 Å². The zero-order chi connectivity index (χ0) is 17.5. The molecule has 0 radical (unpaired) electrons. The van der Waals surface area contributed by atoms with Crippen LogP contribution >= 0.6 is 11.8 Å². The van der Waals surface area contributed by atoms with Crippen molar-refractivity contribution in [2.75, 3.05) is 21.3 Å². The first-order chi connectivity index (χ1) is 11.5. The maximum absolute atomic E-state index is 12.6. The van der Waals surface area contributed by atoms with Crippen LogP contribution in [0.25, 0.3) is 0 Å². The Morgan fingerprint density at radius 2 is 1.83 bits per heavy atom. The Kier molecular flexibility index (Phi) is 6.55. The van der Waals surface area contributed by atoms with Crippen molar-refractivity contribution in [3.63, 3.8) is 0 Å². The monoisotopic (exact) mass is 345 g/mol. The molecule has 0 saturated heterocycles. The van der Waals surface area contributed by atoms with Gasteiger partial charge in [0, 0.05) is 30.1 Å². The molecule has 128 valence electrons. The summed E-state index contributed by atoms with van der Waals surface area (Å²) in [6.45, 7) is 2.42. The zero-order valence-corrected chi connectivity index (χ0v) is 15.3. The molecule has 2 aromatic rings. The second kappa shape index (κ2) is 8.64. The van der Waals surface area contributed by atoms with E-state index in [2.05, 4.69) is 0 Å². The number of carbonyl (C=O) groups is 1. The van der Waals surface area contributed by atoms with Crippen LogP contribution in [0.3, 0.4) is 0 Å². The molecule has 24 heavy (non-hydrogen) atoms. The zero-order valence-electron chi connectivity index (χ0n) is 14.5. The van der Waals surface area contributed by atoms with Gasteiger partial charge in [0.1, 0.15) is 11.5 Å². The smallest absolute Gasteiger partial charge is 0.235 e. The standard InChI is InChI=1S/C19H23NO3S/c1-14(24-17-8-6-5-7-9-17)19(21)20(2)13-15-10-11-16(22-3)12-18(15)23-4/h5-12,14H,13H2,1-4H3. The number of hydrogen-bond acceptors (Lipinski definition) is 4. The molecule has 1 amide bonds. The molecule has 0 saturated carbocycles. The van der Waals surface area contributed by atoms with Crippen molar-refractivity contribution in [2.45, 2.75) is 23.6 Å². The lowest BCUT2D eigenvalue weighted by Gasteiger charge is -2.22. The van der Waals surface area contributed by atoms with Gasteiger partial charge in [0.05, 0.1) is 19.5 Å². The number of nitrogens with zero attached hydrogens (tertiary/aromatic N) is 1. The van der Waals surface area contributed by atoms with Crippen LogP contribution in [-0.2, 0) is 11.3 Å². The highest BCUT2D eigenvalue weighted by Gasteiger charge is 2.20. The molecule has 0 aliphatic heterocycles. The number of rotatable bonds is 7. The molecule has 0 aliphatic rings. The Hall–Kier alpha value is -2.14. The maximum Gasteiger partial charge on any atom is 0.235 e. The SMILES string of the molecule is COc1ccc(CN(C)C(=O)C(C)Sc2ccccc2)c(OC)c1. The number of benzene rings is 2. The lowest BCUT2D eigenvalue weighted by Crippen LogP contribution is -2.32. The third kappa shape index (κ3) is 4.68. The summed E-state index contributed by atoms with van der Waals surface area (Å²) in [7, 11) is 5.05. The predicted octanol–water partition coefficient (Wildman–Crippen LogP) is 3.84. The molecule has 1 unspecified atom stereocenters. The van der Waals surface area contributed by atoms with Gasteiger partial charge >= 0.3 is 0 Å². The number of carbonyl (C=O) groups excluding carboxylic acids is 1. The van der Waals surface area contributed by atoms with Crippen molar-refractivity contribution in [3.8, 4) is 11.5 Å². The summed E-state index contributed by atoms with van der Waals surface area (Å²) in [4.78, 5) is 15.4. The van der Waals surface area contributed by atoms with E-state index in [0.717, 1.165) is 22.0 Å². The maximum atomic E-state index is 12.6. The first-order valence-electron chi connectivity index (χ1n) is 7.72. The van der Waals surface area contributed by atoms with Crippen LogP contribution in [-0.4, -0.2) is 37.3 Å². The molecule has 0 aliphatic carbocycles. The van der Waals surface area contributed by atoms with Gasteiger partial charge in [-0.05, 0) is 31.2 Å². The second-order valence-electron chi connectivity index (χ2n) is 5.45. The molecule has 2 rings (SSSR count). The van der Waals surface area contributed by atoms with Gasteiger partial charge in [-0.15, -0.1) is 11.8 Å². The summed E-state index contributed by atoms with van der Waals surface area (Å²) in [5.74, 6) is 1.54. The lowest BCUT2D eigenvalue weighted by atomic mass is 10.1. The van der Waals surface area contributed by atoms with E-state index < -0.39 is 0 Å². The van der Waals surface area contributed by atoms with E-state index in [0.29, 0.717) is 6.54 Å². The summed E-state index contributed by atoms with van der Waals surface area (Å²) >= 11 is 1.56. The average molecular weight is 345 g/mol. The minimum atomic E-state index is -0.151. The van der Waals surface area contributed by atoms with Gasteiger partial charge in [-0.2, -0.15) is 0 Å². The van der Waals surface area contributed by atoms with Crippen molar-refractivity contribution >= 4 is 17.7 Å². The first kappa shape index (κ1) is 18.2. The Labute approximate surface area is 147 Å². The number of ether oxygens (including phenoxy) is 2. The summed E-state index contributed by atoms with van der Waals surface area (Å²) in [6, 6.07) is 15.6. The third-order valence-electron chi connectivity index (χ3n) is 3.68. The molecule has 0 aromatic heterocycles. The molecule has 0 N–H and O–H groups in total. The van der Waals surface area contributed by atoms with Crippen LogP contribution in [0.5, 0.6) is 11.5 Å². The number of methoxy groups -OCH3 is 2. The molecule has 1 atom stereocenters. The first-order valence-corrected chi connectivity index (χ1v) is 8.60. The largest absolute Gasteiger partial charge is 0.497 e. The van der Waals surface area contributed by atoms with Crippen molar-refractivity contribution < 1.29 is 14.3 Å². The van der Waals surface area contributed by atoms with Crippen LogP contribution in [0.1, 0.15) is 12.5 Å². The third-order valence-corrected chi connectivity index (χ3v) is 4.78. The Bertz CT molecular complexity index is 676. The van der Waals surface area contributed by atoms with Crippen molar-refractivity contribution in [1.82, 2.24) is 4.90 Å². The minimum Gasteiger partial charge on any atom is -0.497 e. The van der Waals surface area contributed by atoms with Crippen LogP contribution in [0.4, 0.5) is 0 Å². The Balaban J connectivity index is 2.03. The van der Waals surface area contributed by atoms with Gasteiger partial charge in [0.15, 0.2) is 0 Å². The van der Waals surface area contributed by atoms with E-state index in [1.807, 2.05) is 62.5 Å². The van der Waals surface area contributed by atoms with E-state index in [1.54, 1.807) is 30.9 Å². The molecular formula is C19H23NO3S. The van der Waals surface area contributed by atoms with E-state index in [9.17, 15) is 4.79 Å². The van der Waals surface area contributed by atoms with Crippen molar-refractivity contribution in [2.24, 2.45) is 0 Å². The summed E-state index contributed by atoms with van der Waals surface area (Å²) in [5, 5.41) is -0.151. The Morgan fingerprint density at radius 3 is 2.46 bits per heavy atom. The highest BCUT2D eigenvalue weighted by Crippen LogP contribution is 2.27. The van der Waals surface area contributed by atoms with Crippen LogP contribution < -0.4 is 9.47 Å². The van der Waals surface area contributed by atoms with Gasteiger partial charge in [0.2, 0.25) is 5.91 Å². The molecule has 4 nitrogen and oxygen atoms in total. The van der Waals surface area contributed by atoms with Crippen LogP contribution in [0.2, 0.25) is 0 Å². The highest BCUT2D eigenvalue weighted by atomic mass is 32.2. The molecule has 0 fully saturated rings. The van der Waals surface area contributed by atoms with Gasteiger partial charge in [-0.25, -0.2) is 0 Å². The number of thioether (sulfide) groups is 1.